The first-order valence-electron chi connectivity index (χ1n) is 7.63. The highest BCUT2D eigenvalue weighted by atomic mass is 16.5. The topological polar surface area (TPSA) is 126 Å². The van der Waals surface area contributed by atoms with Crippen LogP contribution in [0.1, 0.15) is 32.8 Å². The molecule has 25 heavy (non-hydrogen) atoms. The molecule has 142 valence electrons. The van der Waals surface area contributed by atoms with Crippen molar-refractivity contribution in [1.29, 1.82) is 0 Å². The molecule has 0 saturated carbocycles. The van der Waals surface area contributed by atoms with Crippen LogP contribution in [0, 0.1) is 0 Å². The van der Waals surface area contributed by atoms with E-state index in [0.29, 0.717) is 12.2 Å². The van der Waals surface area contributed by atoms with Gasteiger partial charge in [-0.2, -0.15) is 0 Å². The first-order chi connectivity index (χ1) is 11.2. The minimum atomic E-state index is -0.640. The van der Waals surface area contributed by atoms with Crippen molar-refractivity contribution in [3.05, 3.63) is 17.7 Å². The second-order valence-corrected chi connectivity index (χ2v) is 5.90. The largest absolute Gasteiger partial charge is 0.504 e. The molecular weight excluding hydrogens is 330 g/mol. The number of phenolic OH excluding ortho intramolecular Hbond substituents is 1. The van der Waals surface area contributed by atoms with Crippen LogP contribution in [-0.2, 0) is 20.7 Å². The Hall–Kier alpha value is -2.48. The van der Waals surface area contributed by atoms with E-state index in [-0.39, 0.29) is 30.0 Å². The van der Waals surface area contributed by atoms with Crippen molar-refractivity contribution in [2.75, 3.05) is 20.8 Å². The van der Waals surface area contributed by atoms with E-state index in [1.54, 1.807) is 13.0 Å². The molecule has 0 spiro atoms. The molecule has 4 N–H and O–H groups in total. The van der Waals surface area contributed by atoms with E-state index < -0.39 is 17.4 Å². The number of ether oxygens (including phenoxy) is 3. The van der Waals surface area contributed by atoms with E-state index in [2.05, 4.69) is 5.32 Å². The third kappa shape index (κ3) is 6.50. The van der Waals surface area contributed by atoms with Gasteiger partial charge in [-0.15, -0.1) is 0 Å². The van der Waals surface area contributed by atoms with Crippen LogP contribution < -0.4 is 14.8 Å². The number of hydrogen-bond donors (Lipinski definition) is 2. The van der Waals surface area contributed by atoms with E-state index in [4.69, 9.17) is 14.2 Å². The van der Waals surface area contributed by atoms with Gasteiger partial charge in [0.2, 0.25) is 11.7 Å². The number of carbonyl (C=O) groups is 2. The van der Waals surface area contributed by atoms with Crippen LogP contribution in [0.25, 0.3) is 0 Å². The molecule has 1 aromatic carbocycles. The zero-order chi connectivity index (χ0) is 18.3. The van der Waals surface area contributed by atoms with E-state index >= 15 is 0 Å². The van der Waals surface area contributed by atoms with Gasteiger partial charge in [-0.3, -0.25) is 9.59 Å². The molecule has 0 saturated heterocycles. The molecule has 0 aliphatic rings. The molecule has 0 radical (unpaired) electrons. The van der Waals surface area contributed by atoms with Crippen LogP contribution in [0.15, 0.2) is 12.1 Å². The highest BCUT2D eigenvalue weighted by molar-refractivity contribution is 5.94. The molecule has 0 aliphatic carbocycles. The first kappa shape index (κ1) is 22.5. The van der Waals surface area contributed by atoms with Gasteiger partial charge in [-0.05, 0) is 33.3 Å². The summed E-state index contributed by atoms with van der Waals surface area (Å²) in [6, 6.07) is 3.21. The number of benzene rings is 1. The Morgan fingerprint density at radius 3 is 2.28 bits per heavy atom. The van der Waals surface area contributed by atoms with Crippen molar-refractivity contribution in [3.63, 3.8) is 0 Å². The maximum atomic E-state index is 12.0. The summed E-state index contributed by atoms with van der Waals surface area (Å²) >= 11 is 0. The lowest BCUT2D eigenvalue weighted by atomic mass is 9.93. The summed E-state index contributed by atoms with van der Waals surface area (Å²) in [7, 11) is 2.92. The smallest absolute Gasteiger partial charge is 0.315 e. The second-order valence-electron chi connectivity index (χ2n) is 5.90. The Bertz CT molecular complexity index is 599. The highest BCUT2D eigenvalue weighted by Gasteiger charge is 2.26. The Kier molecular flexibility index (Phi) is 8.76. The molecule has 0 aliphatic heterocycles. The first-order valence-corrected chi connectivity index (χ1v) is 7.63. The number of aromatic hydroxyl groups is 1. The minimum absolute atomic E-state index is 0. The van der Waals surface area contributed by atoms with Gasteiger partial charge in [-0.25, -0.2) is 0 Å². The van der Waals surface area contributed by atoms with Crippen LogP contribution in [0.5, 0.6) is 17.2 Å². The van der Waals surface area contributed by atoms with E-state index in [9.17, 15) is 14.7 Å². The molecule has 1 amide bonds. The molecule has 0 unspecified atom stereocenters. The molecule has 8 heteroatoms. The Morgan fingerprint density at radius 1 is 1.16 bits per heavy atom. The lowest BCUT2D eigenvalue weighted by molar-refractivity contribution is -0.146. The summed E-state index contributed by atoms with van der Waals surface area (Å²) in [5.74, 6) is -0.353. The monoisotopic (exact) mass is 357 g/mol. The predicted molar refractivity (Wildman–Crippen MR) is 92.0 cm³/mol. The fourth-order valence-corrected chi connectivity index (χ4v) is 2.44. The van der Waals surface area contributed by atoms with Crippen molar-refractivity contribution in [2.45, 2.75) is 39.2 Å². The number of rotatable bonds is 8. The van der Waals surface area contributed by atoms with Crippen LogP contribution >= 0.6 is 0 Å². The predicted octanol–water partition coefficient (Wildman–Crippen LogP) is 0.975. The Balaban J connectivity index is 0.00000576. The molecular formula is C17H27NO7. The zero-order valence-corrected chi connectivity index (χ0v) is 15.3. The van der Waals surface area contributed by atoms with Crippen LogP contribution in [-0.4, -0.2) is 48.8 Å². The minimum Gasteiger partial charge on any atom is -0.504 e. The number of methoxy groups -OCH3 is 2. The number of phenols is 1. The van der Waals surface area contributed by atoms with E-state index in [1.165, 1.54) is 20.3 Å². The molecule has 1 rings (SSSR count). The third-order valence-electron chi connectivity index (χ3n) is 3.30. The molecule has 0 fully saturated rings. The van der Waals surface area contributed by atoms with Crippen molar-refractivity contribution in [3.8, 4) is 17.2 Å². The quantitative estimate of drug-likeness (QED) is 0.527. The average Bonchev–Trinajstić information content (AvgIpc) is 2.47. The van der Waals surface area contributed by atoms with Crippen LogP contribution in [0.3, 0.4) is 0 Å². The number of esters is 1. The van der Waals surface area contributed by atoms with Crippen molar-refractivity contribution >= 4 is 11.9 Å². The maximum Gasteiger partial charge on any atom is 0.315 e. The summed E-state index contributed by atoms with van der Waals surface area (Å²) in [5.41, 5.74) is 0.118. The van der Waals surface area contributed by atoms with Crippen LogP contribution in [0.4, 0.5) is 0 Å². The molecule has 0 aromatic heterocycles. The second kappa shape index (κ2) is 9.73. The van der Waals surface area contributed by atoms with Crippen molar-refractivity contribution in [1.82, 2.24) is 5.32 Å². The summed E-state index contributed by atoms with van der Waals surface area (Å²) in [6.45, 7) is 5.58. The third-order valence-corrected chi connectivity index (χ3v) is 3.30. The van der Waals surface area contributed by atoms with Gasteiger partial charge in [0.15, 0.2) is 11.5 Å². The molecule has 8 nitrogen and oxygen atoms in total. The van der Waals surface area contributed by atoms with Gasteiger partial charge in [0.25, 0.3) is 0 Å². The summed E-state index contributed by atoms with van der Waals surface area (Å²) in [6.07, 6.45) is 0.0919. The lowest BCUT2D eigenvalue weighted by Gasteiger charge is -2.27. The van der Waals surface area contributed by atoms with Gasteiger partial charge >= 0.3 is 5.97 Å². The lowest BCUT2D eigenvalue weighted by Crippen LogP contribution is -2.45. The van der Waals surface area contributed by atoms with Crippen molar-refractivity contribution in [2.24, 2.45) is 0 Å². The Morgan fingerprint density at radius 2 is 1.76 bits per heavy atom. The van der Waals surface area contributed by atoms with E-state index in [0.717, 1.165) is 5.56 Å². The van der Waals surface area contributed by atoms with Gasteiger partial charge in [-0.1, -0.05) is 6.07 Å². The average molecular weight is 357 g/mol. The number of carbonyl (C=O) groups excluding carboxylic acids is 2. The molecule has 1 aromatic rings. The Labute approximate surface area is 147 Å². The summed E-state index contributed by atoms with van der Waals surface area (Å²) in [4.78, 5) is 23.3. The summed E-state index contributed by atoms with van der Waals surface area (Å²) in [5, 5.41) is 12.6. The number of nitrogens with one attached hydrogen (secondary N) is 1. The summed E-state index contributed by atoms with van der Waals surface area (Å²) < 4.78 is 15.2. The number of hydrogen-bond acceptors (Lipinski definition) is 6. The highest BCUT2D eigenvalue weighted by Crippen LogP contribution is 2.40. The number of amides is 1. The fourth-order valence-electron chi connectivity index (χ4n) is 2.44. The van der Waals surface area contributed by atoms with Gasteiger partial charge in [0, 0.05) is 11.1 Å². The molecule has 0 bridgehead atoms. The molecule has 0 atom stereocenters. The SMILES string of the molecule is CCOC(=O)CC(=O)NC(C)(C)Cc1ccc(O)c(OC)c1OC.O. The maximum absolute atomic E-state index is 12.0. The van der Waals surface area contributed by atoms with Gasteiger partial charge in [0.1, 0.15) is 6.42 Å². The standard InChI is InChI=1S/C17H25NO6.H2O/c1-6-24-14(21)9-13(20)18-17(2,3)10-11-7-8-12(19)16(23-5)15(11)22-4;/h7-8,19H,6,9-10H2,1-5H3,(H,18,20);1H2. The fraction of sp³-hybridized carbons (Fsp3) is 0.529. The van der Waals surface area contributed by atoms with Crippen molar-refractivity contribution < 1.29 is 34.4 Å². The van der Waals surface area contributed by atoms with Crippen LogP contribution in [0.2, 0.25) is 0 Å². The molecule has 0 heterocycles. The zero-order valence-electron chi connectivity index (χ0n) is 15.3. The normalized spacial score (nSPS) is 10.4. The van der Waals surface area contributed by atoms with Gasteiger partial charge in [0.05, 0.1) is 20.8 Å². The van der Waals surface area contributed by atoms with E-state index in [1.807, 2.05) is 13.8 Å². The van der Waals surface area contributed by atoms with Gasteiger partial charge < -0.3 is 30.1 Å².